The summed E-state index contributed by atoms with van der Waals surface area (Å²) in [6.45, 7) is -5.00. The third kappa shape index (κ3) is 4.07. The van der Waals surface area contributed by atoms with E-state index in [4.69, 9.17) is 24.3 Å². The van der Waals surface area contributed by atoms with Crippen LogP contribution >= 0.6 is 0 Å². The van der Waals surface area contributed by atoms with Gasteiger partial charge in [-0.1, -0.05) is 6.04 Å². The van der Waals surface area contributed by atoms with Gasteiger partial charge in [-0.15, -0.1) is 0 Å². The van der Waals surface area contributed by atoms with Gasteiger partial charge in [0.1, 0.15) is 5.82 Å². The van der Waals surface area contributed by atoms with Crippen LogP contribution in [0.2, 0.25) is 0 Å². The first-order valence-electron chi connectivity index (χ1n) is 15.4. The van der Waals surface area contributed by atoms with Crippen LogP contribution in [0, 0.1) is 13.8 Å². The molecule has 2 aromatic carbocycles. The van der Waals surface area contributed by atoms with Crippen LogP contribution < -0.4 is 15.4 Å². The second kappa shape index (κ2) is 7.64. The molecule has 0 amide bonds. The van der Waals surface area contributed by atoms with Crippen LogP contribution in [0.5, 0.6) is 0 Å². The Labute approximate surface area is 200 Å². The lowest BCUT2D eigenvalue weighted by molar-refractivity contribution is 0.597. The topological polar surface area (TPSA) is 119 Å². The van der Waals surface area contributed by atoms with Crippen molar-refractivity contribution in [1.82, 2.24) is 19.7 Å². The molecule has 0 atom stereocenters. The van der Waals surface area contributed by atoms with Crippen molar-refractivity contribution in [2.45, 2.75) is 18.7 Å². The Morgan fingerprint density at radius 1 is 1.23 bits per heavy atom. The molecular weight excluding hydrogens is 414 g/mol. The van der Waals surface area contributed by atoms with Crippen LogP contribution in [0.4, 0.5) is 23.1 Å². The molecular formula is C21H23N7O2S. The van der Waals surface area contributed by atoms with E-state index in [0.29, 0.717) is 10.6 Å². The maximum absolute atomic E-state index is 12.3. The zero-order chi connectivity index (χ0) is 34.3. The summed E-state index contributed by atoms with van der Waals surface area (Å²) in [6, 6.07) is -6.05. The number of nitrogens with two attached hydrogens (primary N) is 1. The number of aromatic nitrogens is 4. The molecule has 0 aliphatic heterocycles. The first-order chi connectivity index (χ1) is 20.4. The van der Waals surface area contributed by atoms with Crippen molar-refractivity contribution in [2.24, 2.45) is 12.2 Å². The number of hydrogen-bond acceptors (Lipinski definition) is 7. The van der Waals surface area contributed by atoms with Gasteiger partial charge in [0.2, 0.25) is 16.0 Å². The van der Waals surface area contributed by atoms with Crippen LogP contribution in [-0.4, -0.2) is 35.1 Å². The highest BCUT2D eigenvalue weighted by atomic mass is 32.2. The molecule has 2 heterocycles. The average Bonchev–Trinajstić information content (AvgIpc) is 3.19. The molecule has 31 heavy (non-hydrogen) atoms. The Hall–Kier alpha value is -3.50. The molecule has 0 aliphatic carbocycles. The van der Waals surface area contributed by atoms with Crippen molar-refractivity contribution >= 4 is 44.1 Å². The molecule has 0 saturated carbocycles. The zero-order valence-electron chi connectivity index (χ0n) is 30.0. The minimum absolute atomic E-state index is 0.113. The van der Waals surface area contributed by atoms with E-state index in [2.05, 4.69) is 20.4 Å². The summed E-state index contributed by atoms with van der Waals surface area (Å²) in [4.78, 5) is 6.59. The van der Waals surface area contributed by atoms with Gasteiger partial charge in [0.25, 0.3) is 0 Å². The molecule has 10 heteroatoms. The number of fused-ring (bicyclic) bond motifs is 1. The van der Waals surface area contributed by atoms with E-state index in [0.717, 1.165) is 0 Å². The minimum Gasteiger partial charge on any atom is -0.329 e. The Kier molecular flexibility index (Phi) is 2.40. The van der Waals surface area contributed by atoms with Crippen molar-refractivity contribution in [3.8, 4) is 0 Å². The molecule has 0 saturated heterocycles. The minimum atomic E-state index is -4.97. The smallest absolute Gasteiger partial charge is 0.238 e. The number of nitrogens with one attached hydrogen (secondary N) is 1. The lowest BCUT2D eigenvalue weighted by Crippen LogP contribution is -2.14. The van der Waals surface area contributed by atoms with Crippen LogP contribution in [0.25, 0.3) is 10.9 Å². The number of benzene rings is 2. The van der Waals surface area contributed by atoms with E-state index in [9.17, 15) is 8.42 Å². The van der Waals surface area contributed by atoms with Crippen LogP contribution in [0.1, 0.15) is 30.4 Å². The molecule has 4 rings (SSSR count). The molecule has 160 valence electrons. The maximum Gasteiger partial charge on any atom is 0.238 e. The maximum atomic E-state index is 12.3. The van der Waals surface area contributed by atoms with Crippen molar-refractivity contribution in [1.29, 1.82) is 0 Å². The van der Waals surface area contributed by atoms with E-state index in [1.165, 1.54) is 11.7 Å². The molecule has 0 unspecified atom stereocenters. The number of sulfonamides is 1. The van der Waals surface area contributed by atoms with E-state index in [1.54, 1.807) is 6.92 Å². The number of nitrogens with zero attached hydrogens (tertiary/aromatic N) is 5. The Balaban J connectivity index is 2.03. The van der Waals surface area contributed by atoms with E-state index in [1.807, 2.05) is 0 Å². The molecule has 0 aliphatic rings. The third-order valence-corrected chi connectivity index (χ3v) is 5.03. The molecule has 0 bridgehead atoms. The lowest BCUT2D eigenvalue weighted by Gasteiger charge is -2.19. The van der Waals surface area contributed by atoms with Gasteiger partial charge in [0.05, 0.1) is 21.4 Å². The highest BCUT2D eigenvalue weighted by molar-refractivity contribution is 7.89. The van der Waals surface area contributed by atoms with Crippen molar-refractivity contribution < 1.29 is 27.6 Å². The Morgan fingerprint density at radius 3 is 2.81 bits per heavy atom. The monoisotopic (exact) mass is 451 g/mol. The largest absolute Gasteiger partial charge is 0.329 e. The van der Waals surface area contributed by atoms with Gasteiger partial charge in [-0.25, -0.2) is 18.5 Å². The van der Waals surface area contributed by atoms with Gasteiger partial charge < -0.3 is 10.2 Å². The molecule has 3 N–H and O–H groups in total. The number of hydrogen-bond donors (Lipinski definition) is 2. The SMILES string of the molecule is [2H]c1nc(Nc2c([2H])c([2H])c(C([2H])([2H])[2H])c(S(N)(=O)=O)c2[2H])nc(N(c2c([2H])c([2H])c3c(C)n(C)nc3c2[2H])C([2H])([2H])[2H])c1[2H]. The first kappa shape index (κ1) is 9.75. The van der Waals surface area contributed by atoms with Gasteiger partial charge in [-0.05, 0) is 55.6 Å². The molecule has 4 aromatic rings. The zero-order valence-corrected chi connectivity index (χ0v) is 16.9. The number of aryl methyl sites for hydroxylation is 2. The molecule has 2 aromatic heterocycles. The summed E-state index contributed by atoms with van der Waals surface area (Å²) in [5.74, 6) is -1.69. The number of anilines is 4. The van der Waals surface area contributed by atoms with Gasteiger partial charge >= 0.3 is 0 Å². The van der Waals surface area contributed by atoms with Crippen molar-refractivity contribution in [2.75, 3.05) is 17.2 Å². The van der Waals surface area contributed by atoms with E-state index >= 15 is 0 Å². The standard InChI is InChI=1S/C21H23N7O2S/c1-13-5-6-15(11-19(13)31(22,29)30)24-21-23-10-9-20(25-21)27(3)16-7-8-17-14(2)28(4)26-18(17)12-16/h5-12H,1-4H3,(H2,22,29,30)(H,23,24,25)/i1D3,3D3,5D,6D,7D,8D,9D,10D,11D,12D. The van der Waals surface area contributed by atoms with Crippen LogP contribution in [0.3, 0.4) is 0 Å². The van der Waals surface area contributed by atoms with E-state index in [-0.39, 0.29) is 10.9 Å². The second-order valence-electron chi connectivity index (χ2n) is 6.22. The summed E-state index contributed by atoms with van der Waals surface area (Å²) >= 11 is 0. The first-order valence-corrected chi connectivity index (χ1v) is 9.98. The summed E-state index contributed by atoms with van der Waals surface area (Å²) < 4.78 is 141. The molecule has 0 fully saturated rings. The van der Waals surface area contributed by atoms with Gasteiger partial charge in [0, 0.05) is 50.9 Å². The van der Waals surface area contributed by atoms with Crippen LogP contribution in [0.15, 0.2) is 53.4 Å². The molecule has 0 spiro atoms. The fraction of sp³-hybridized carbons (Fsp3) is 0.190. The van der Waals surface area contributed by atoms with Crippen molar-refractivity contribution in [3.05, 3.63) is 59.7 Å². The molecule has 0 radical (unpaired) electrons. The van der Waals surface area contributed by atoms with Gasteiger partial charge in [0.15, 0.2) is 0 Å². The fourth-order valence-electron chi connectivity index (χ4n) is 2.55. The Morgan fingerprint density at radius 2 is 2.06 bits per heavy atom. The number of rotatable bonds is 5. The predicted octanol–water partition coefficient (Wildman–Crippen LogP) is 3.14. The van der Waals surface area contributed by atoms with Crippen LogP contribution in [-0.2, 0) is 17.1 Å². The molecule has 9 nitrogen and oxygen atoms in total. The van der Waals surface area contributed by atoms with E-state index < -0.39 is 106 Å². The summed E-state index contributed by atoms with van der Waals surface area (Å²) in [5.41, 5.74) is -2.45. The van der Waals surface area contributed by atoms with Gasteiger partial charge in [-0.2, -0.15) is 10.1 Å². The fourth-order valence-corrected chi connectivity index (χ4v) is 3.13. The lowest BCUT2D eigenvalue weighted by atomic mass is 10.2. The van der Waals surface area contributed by atoms with Gasteiger partial charge in [-0.3, -0.25) is 4.68 Å². The Bertz CT molecular complexity index is 2010. The highest BCUT2D eigenvalue weighted by Gasteiger charge is 2.14. The third-order valence-electron chi connectivity index (χ3n) is 4.15. The summed E-state index contributed by atoms with van der Waals surface area (Å²) in [6.07, 6.45) is -0.939. The summed E-state index contributed by atoms with van der Waals surface area (Å²) in [5, 5.41) is 11.7. The van der Waals surface area contributed by atoms with Crippen molar-refractivity contribution in [3.63, 3.8) is 0 Å². The quantitative estimate of drug-likeness (QED) is 0.478. The average molecular weight is 452 g/mol. The predicted molar refractivity (Wildman–Crippen MR) is 121 cm³/mol. The summed E-state index contributed by atoms with van der Waals surface area (Å²) in [7, 11) is -3.46. The highest BCUT2D eigenvalue weighted by Crippen LogP contribution is 2.28. The number of primary sulfonamides is 1. The second-order valence-corrected chi connectivity index (χ2v) is 7.72. The normalized spacial score (nSPS) is 18.9.